The highest BCUT2D eigenvalue weighted by atomic mass is 35.5. The first-order chi connectivity index (χ1) is 7.65. The molecule has 0 saturated carbocycles. The number of rotatable bonds is 6. The summed E-state index contributed by atoms with van der Waals surface area (Å²) in [6.45, 7) is 4.48. The smallest absolute Gasteiger partial charge is 0.119 e. The SMILES string of the molecule is COc1cccc(CC(CCl)CC(C)C)c1. The summed E-state index contributed by atoms with van der Waals surface area (Å²) >= 11 is 6.00. The zero-order chi connectivity index (χ0) is 12.0. The number of ether oxygens (including phenoxy) is 1. The second-order valence-corrected chi connectivity index (χ2v) is 5.01. The minimum absolute atomic E-state index is 0.564. The molecule has 0 saturated heterocycles. The molecule has 0 bridgehead atoms. The molecule has 0 amide bonds. The highest BCUT2D eigenvalue weighted by Crippen LogP contribution is 2.21. The van der Waals surface area contributed by atoms with Crippen LogP contribution in [0.1, 0.15) is 25.8 Å². The van der Waals surface area contributed by atoms with Crippen molar-refractivity contribution in [3.05, 3.63) is 29.8 Å². The lowest BCUT2D eigenvalue weighted by atomic mass is 9.92. The number of hydrogen-bond acceptors (Lipinski definition) is 1. The maximum absolute atomic E-state index is 6.00. The quantitative estimate of drug-likeness (QED) is 0.679. The Kier molecular flexibility index (Phi) is 5.68. The lowest BCUT2D eigenvalue weighted by molar-refractivity contribution is 0.412. The van der Waals surface area contributed by atoms with Crippen molar-refractivity contribution >= 4 is 11.6 Å². The molecule has 0 aromatic heterocycles. The summed E-state index contributed by atoms with van der Waals surface area (Å²) in [4.78, 5) is 0. The molecule has 1 unspecified atom stereocenters. The second-order valence-electron chi connectivity index (χ2n) is 4.71. The average molecular weight is 241 g/mol. The van der Waals surface area contributed by atoms with Crippen LogP contribution in [-0.4, -0.2) is 13.0 Å². The first kappa shape index (κ1) is 13.4. The Labute approximate surface area is 104 Å². The molecular weight excluding hydrogens is 220 g/mol. The van der Waals surface area contributed by atoms with Crippen LogP contribution in [0.2, 0.25) is 0 Å². The molecule has 0 spiro atoms. The summed E-state index contributed by atoms with van der Waals surface area (Å²) in [5, 5.41) is 0. The summed E-state index contributed by atoms with van der Waals surface area (Å²) in [7, 11) is 1.70. The molecule has 0 fully saturated rings. The third kappa shape index (κ3) is 4.44. The van der Waals surface area contributed by atoms with Crippen molar-refractivity contribution in [1.29, 1.82) is 0 Å². The molecule has 2 heteroatoms. The average Bonchev–Trinajstić information content (AvgIpc) is 2.28. The third-order valence-electron chi connectivity index (χ3n) is 2.68. The Morgan fingerprint density at radius 2 is 2.06 bits per heavy atom. The number of methoxy groups -OCH3 is 1. The lowest BCUT2D eigenvalue weighted by Crippen LogP contribution is -2.09. The third-order valence-corrected chi connectivity index (χ3v) is 3.12. The monoisotopic (exact) mass is 240 g/mol. The van der Waals surface area contributed by atoms with E-state index in [4.69, 9.17) is 16.3 Å². The Morgan fingerprint density at radius 1 is 1.31 bits per heavy atom. The minimum atomic E-state index is 0.564. The van der Waals surface area contributed by atoms with E-state index in [-0.39, 0.29) is 0 Å². The van der Waals surface area contributed by atoms with Crippen LogP contribution in [-0.2, 0) is 6.42 Å². The molecule has 0 aliphatic heterocycles. The molecule has 90 valence electrons. The predicted octanol–water partition coefficient (Wildman–Crippen LogP) is 4.14. The molecular formula is C14H21ClO. The number of halogens is 1. The van der Waals surface area contributed by atoms with Crippen molar-refractivity contribution in [3.8, 4) is 5.75 Å². The van der Waals surface area contributed by atoms with Crippen LogP contribution in [0, 0.1) is 11.8 Å². The van der Waals surface area contributed by atoms with Gasteiger partial charge in [-0.1, -0.05) is 26.0 Å². The largest absolute Gasteiger partial charge is 0.497 e. The van der Waals surface area contributed by atoms with Gasteiger partial charge in [-0.05, 0) is 42.4 Å². The van der Waals surface area contributed by atoms with Gasteiger partial charge in [-0.2, -0.15) is 0 Å². The topological polar surface area (TPSA) is 9.23 Å². The Bertz CT molecular complexity index is 309. The van der Waals surface area contributed by atoms with Crippen LogP contribution < -0.4 is 4.74 Å². The molecule has 1 aromatic rings. The van der Waals surface area contributed by atoms with Crippen molar-refractivity contribution in [3.63, 3.8) is 0 Å². The van der Waals surface area contributed by atoms with E-state index >= 15 is 0 Å². The number of hydrogen-bond donors (Lipinski definition) is 0. The normalized spacial score (nSPS) is 12.8. The molecule has 1 nitrogen and oxygen atoms in total. The zero-order valence-electron chi connectivity index (χ0n) is 10.4. The maximum atomic E-state index is 6.00. The van der Waals surface area contributed by atoms with Crippen molar-refractivity contribution in [2.75, 3.05) is 13.0 Å². The Morgan fingerprint density at radius 3 is 2.62 bits per heavy atom. The standard InChI is InChI=1S/C14H21ClO/c1-11(2)7-13(10-15)8-12-5-4-6-14(9-12)16-3/h4-6,9,11,13H,7-8,10H2,1-3H3. The Hall–Kier alpha value is -0.690. The van der Waals surface area contributed by atoms with Gasteiger partial charge in [0.1, 0.15) is 5.75 Å². The van der Waals surface area contributed by atoms with Gasteiger partial charge in [0.25, 0.3) is 0 Å². The fourth-order valence-corrected chi connectivity index (χ4v) is 2.24. The van der Waals surface area contributed by atoms with Crippen LogP contribution in [0.25, 0.3) is 0 Å². The van der Waals surface area contributed by atoms with Gasteiger partial charge in [-0.3, -0.25) is 0 Å². The van der Waals surface area contributed by atoms with Gasteiger partial charge in [0, 0.05) is 5.88 Å². The molecule has 0 N–H and O–H groups in total. The second kappa shape index (κ2) is 6.80. The van der Waals surface area contributed by atoms with Gasteiger partial charge in [-0.15, -0.1) is 11.6 Å². The van der Waals surface area contributed by atoms with Gasteiger partial charge in [0.05, 0.1) is 7.11 Å². The van der Waals surface area contributed by atoms with Gasteiger partial charge < -0.3 is 4.74 Å². The van der Waals surface area contributed by atoms with Gasteiger partial charge in [-0.25, -0.2) is 0 Å². The minimum Gasteiger partial charge on any atom is -0.497 e. The highest BCUT2D eigenvalue weighted by molar-refractivity contribution is 6.18. The van der Waals surface area contributed by atoms with E-state index in [2.05, 4.69) is 26.0 Å². The summed E-state index contributed by atoms with van der Waals surface area (Å²) < 4.78 is 5.22. The van der Waals surface area contributed by atoms with E-state index in [9.17, 15) is 0 Å². The van der Waals surface area contributed by atoms with Crippen LogP contribution in [0.5, 0.6) is 5.75 Å². The molecule has 1 atom stereocenters. The van der Waals surface area contributed by atoms with E-state index < -0.39 is 0 Å². The van der Waals surface area contributed by atoms with E-state index in [1.165, 1.54) is 12.0 Å². The van der Waals surface area contributed by atoms with Crippen molar-refractivity contribution < 1.29 is 4.74 Å². The molecule has 1 aromatic carbocycles. The van der Waals surface area contributed by atoms with E-state index in [1.807, 2.05) is 12.1 Å². The Balaban J connectivity index is 2.62. The highest BCUT2D eigenvalue weighted by Gasteiger charge is 2.11. The van der Waals surface area contributed by atoms with Crippen LogP contribution in [0.4, 0.5) is 0 Å². The van der Waals surface area contributed by atoms with Crippen molar-refractivity contribution in [2.24, 2.45) is 11.8 Å². The molecule has 0 aliphatic carbocycles. The summed E-state index contributed by atoms with van der Waals surface area (Å²) in [6, 6.07) is 8.25. The van der Waals surface area contributed by atoms with Crippen LogP contribution >= 0.6 is 11.6 Å². The predicted molar refractivity (Wildman–Crippen MR) is 70.4 cm³/mol. The molecule has 1 rings (SSSR count). The first-order valence-electron chi connectivity index (χ1n) is 5.84. The van der Waals surface area contributed by atoms with Crippen LogP contribution in [0.15, 0.2) is 24.3 Å². The van der Waals surface area contributed by atoms with E-state index in [1.54, 1.807) is 7.11 Å². The maximum Gasteiger partial charge on any atom is 0.119 e. The number of benzene rings is 1. The summed E-state index contributed by atoms with van der Waals surface area (Å²) in [6.07, 6.45) is 2.22. The molecule has 0 radical (unpaired) electrons. The fourth-order valence-electron chi connectivity index (χ4n) is 2.00. The van der Waals surface area contributed by atoms with Crippen LogP contribution in [0.3, 0.4) is 0 Å². The van der Waals surface area contributed by atoms with Crippen molar-refractivity contribution in [2.45, 2.75) is 26.7 Å². The fraction of sp³-hybridized carbons (Fsp3) is 0.571. The lowest BCUT2D eigenvalue weighted by Gasteiger charge is -2.16. The zero-order valence-corrected chi connectivity index (χ0v) is 11.1. The first-order valence-corrected chi connectivity index (χ1v) is 6.38. The van der Waals surface area contributed by atoms with E-state index in [0.717, 1.165) is 18.1 Å². The van der Waals surface area contributed by atoms with Crippen molar-refractivity contribution in [1.82, 2.24) is 0 Å². The molecule has 0 aliphatic rings. The summed E-state index contributed by atoms with van der Waals surface area (Å²) in [5.41, 5.74) is 1.31. The van der Waals surface area contributed by atoms with Gasteiger partial charge in [0.15, 0.2) is 0 Å². The van der Waals surface area contributed by atoms with Gasteiger partial charge >= 0.3 is 0 Å². The van der Waals surface area contributed by atoms with E-state index in [0.29, 0.717) is 11.8 Å². The van der Waals surface area contributed by atoms with Gasteiger partial charge in [0.2, 0.25) is 0 Å². The summed E-state index contributed by atoms with van der Waals surface area (Å²) in [5.74, 6) is 2.92. The number of alkyl halides is 1. The molecule has 16 heavy (non-hydrogen) atoms. The molecule has 0 heterocycles.